The second-order valence-corrected chi connectivity index (χ2v) is 10.7. The van der Waals surface area contributed by atoms with Gasteiger partial charge in [-0.25, -0.2) is 14.6 Å². The average Bonchev–Trinajstić information content (AvgIpc) is 3.27. The van der Waals surface area contributed by atoms with Crippen molar-refractivity contribution in [1.29, 1.82) is 0 Å². The van der Waals surface area contributed by atoms with E-state index in [0.29, 0.717) is 6.04 Å². The van der Waals surface area contributed by atoms with Gasteiger partial charge in [-0.3, -0.25) is 4.90 Å². The van der Waals surface area contributed by atoms with Crippen molar-refractivity contribution in [2.75, 3.05) is 76.4 Å². The summed E-state index contributed by atoms with van der Waals surface area (Å²) in [6, 6.07) is 11.3. The summed E-state index contributed by atoms with van der Waals surface area (Å²) in [7, 11) is 1.78. The monoisotopic (exact) mass is 555 g/mol. The molecule has 2 saturated heterocycles. The van der Waals surface area contributed by atoms with Gasteiger partial charge in [0.05, 0.1) is 0 Å². The van der Waals surface area contributed by atoms with Gasteiger partial charge < -0.3 is 20.0 Å². The minimum absolute atomic E-state index is 0.411. The van der Waals surface area contributed by atoms with Crippen LogP contribution in [-0.2, 0) is 4.74 Å². The molecule has 3 aromatic rings. The number of hydrogen-bond donors (Lipinski definition) is 1. The quantitative estimate of drug-likeness (QED) is 0.399. The molecule has 0 bridgehead atoms. The number of benzene rings is 1. The average molecular weight is 557 g/mol. The van der Waals surface area contributed by atoms with Crippen molar-refractivity contribution in [2.45, 2.75) is 32.2 Å². The maximum atomic E-state index is 5.20. The molecular formula is C27H38BrN7O. The van der Waals surface area contributed by atoms with Gasteiger partial charge in [0.15, 0.2) is 11.5 Å². The lowest BCUT2D eigenvalue weighted by Crippen LogP contribution is -2.46. The molecule has 2 aliphatic heterocycles. The third-order valence-corrected chi connectivity index (χ3v) is 7.93. The van der Waals surface area contributed by atoms with Crippen molar-refractivity contribution < 1.29 is 4.74 Å². The van der Waals surface area contributed by atoms with Gasteiger partial charge in [0.25, 0.3) is 0 Å². The van der Waals surface area contributed by atoms with E-state index in [1.807, 2.05) is 12.3 Å². The summed E-state index contributed by atoms with van der Waals surface area (Å²) in [5.74, 6) is 0.919. The summed E-state index contributed by atoms with van der Waals surface area (Å²) in [6.45, 7) is 11.9. The Kier molecular flexibility index (Phi) is 8.41. The zero-order chi connectivity index (χ0) is 24.9. The first-order chi connectivity index (χ1) is 17.6. The highest BCUT2D eigenvalue weighted by Crippen LogP contribution is 2.28. The van der Waals surface area contributed by atoms with Crippen LogP contribution in [0.5, 0.6) is 0 Å². The number of hydrogen-bond acceptors (Lipinski definition) is 7. The molecule has 2 aliphatic rings. The van der Waals surface area contributed by atoms with Gasteiger partial charge in [0, 0.05) is 87.5 Å². The summed E-state index contributed by atoms with van der Waals surface area (Å²) < 4.78 is 8.26. The van der Waals surface area contributed by atoms with Crippen LogP contribution in [0.3, 0.4) is 0 Å². The van der Waals surface area contributed by atoms with E-state index in [9.17, 15) is 0 Å². The predicted molar refractivity (Wildman–Crippen MR) is 150 cm³/mol. The number of anilines is 1. The van der Waals surface area contributed by atoms with Crippen LogP contribution in [0.25, 0.3) is 22.6 Å². The minimum Gasteiger partial charge on any atom is -0.385 e. The van der Waals surface area contributed by atoms with Crippen LogP contribution in [0.1, 0.15) is 26.2 Å². The summed E-state index contributed by atoms with van der Waals surface area (Å²) in [6.07, 6.45) is 5.20. The Morgan fingerprint density at radius 1 is 1.03 bits per heavy atom. The molecule has 1 N–H and O–H groups in total. The number of methoxy groups -OCH3 is 1. The summed E-state index contributed by atoms with van der Waals surface area (Å²) in [4.78, 5) is 17.2. The number of nitrogens with zero attached hydrogens (tertiary/aromatic N) is 6. The first-order valence-electron chi connectivity index (χ1n) is 13.2. The number of rotatable bonds is 9. The second kappa shape index (κ2) is 11.9. The zero-order valence-electron chi connectivity index (χ0n) is 21.5. The molecule has 4 heterocycles. The SMILES string of the molecule is CCN1CCC(Nn2c(-c3ccc(N4CCN(CCCOC)CC4)cc3)nc3cc(Br)cnc32)CC1. The summed E-state index contributed by atoms with van der Waals surface area (Å²) >= 11 is 3.56. The molecular weight excluding hydrogens is 518 g/mol. The van der Waals surface area contributed by atoms with Crippen molar-refractivity contribution in [3.05, 3.63) is 41.0 Å². The highest BCUT2D eigenvalue weighted by molar-refractivity contribution is 9.10. The molecule has 0 aliphatic carbocycles. The summed E-state index contributed by atoms with van der Waals surface area (Å²) in [5, 5.41) is 0. The molecule has 0 unspecified atom stereocenters. The van der Waals surface area contributed by atoms with Crippen LogP contribution in [-0.4, -0.2) is 96.6 Å². The normalized spacial score (nSPS) is 18.2. The van der Waals surface area contributed by atoms with Gasteiger partial charge in [0.2, 0.25) is 0 Å². The van der Waals surface area contributed by atoms with Gasteiger partial charge in [-0.1, -0.05) is 6.92 Å². The molecule has 1 aromatic carbocycles. The molecule has 8 nitrogen and oxygen atoms in total. The van der Waals surface area contributed by atoms with Gasteiger partial charge in [-0.05, 0) is 72.1 Å². The molecule has 36 heavy (non-hydrogen) atoms. The smallest absolute Gasteiger partial charge is 0.179 e. The largest absolute Gasteiger partial charge is 0.385 e. The number of fused-ring (bicyclic) bond motifs is 1. The predicted octanol–water partition coefficient (Wildman–Crippen LogP) is 4.05. The highest BCUT2D eigenvalue weighted by atomic mass is 79.9. The fourth-order valence-electron chi connectivity index (χ4n) is 5.30. The minimum atomic E-state index is 0.411. The summed E-state index contributed by atoms with van der Waals surface area (Å²) in [5.41, 5.74) is 7.91. The number of pyridine rings is 1. The lowest BCUT2D eigenvalue weighted by molar-refractivity contribution is 0.169. The van der Waals surface area contributed by atoms with E-state index in [1.54, 1.807) is 7.11 Å². The van der Waals surface area contributed by atoms with Gasteiger partial charge in [-0.2, -0.15) is 0 Å². The Labute approximate surface area is 222 Å². The van der Waals surface area contributed by atoms with Crippen LogP contribution >= 0.6 is 15.9 Å². The Morgan fingerprint density at radius 2 is 1.78 bits per heavy atom. The number of piperidine rings is 1. The number of ether oxygens (including phenoxy) is 1. The fraction of sp³-hybridized carbons (Fsp3) is 0.556. The lowest BCUT2D eigenvalue weighted by Gasteiger charge is -2.36. The van der Waals surface area contributed by atoms with Crippen LogP contribution in [0.15, 0.2) is 41.0 Å². The van der Waals surface area contributed by atoms with E-state index in [2.05, 4.69) is 71.9 Å². The second-order valence-electron chi connectivity index (χ2n) is 9.83. The van der Waals surface area contributed by atoms with Crippen molar-refractivity contribution in [1.82, 2.24) is 24.4 Å². The van der Waals surface area contributed by atoms with Gasteiger partial charge in [-0.15, -0.1) is 0 Å². The molecule has 2 fully saturated rings. The number of aromatic nitrogens is 3. The third kappa shape index (κ3) is 5.85. The first kappa shape index (κ1) is 25.4. The van der Waals surface area contributed by atoms with Crippen molar-refractivity contribution in [3.8, 4) is 11.4 Å². The van der Waals surface area contributed by atoms with E-state index in [4.69, 9.17) is 14.7 Å². The van der Waals surface area contributed by atoms with Crippen LogP contribution in [0, 0.1) is 0 Å². The molecule has 0 amide bonds. The Morgan fingerprint density at radius 3 is 2.47 bits per heavy atom. The Bertz CT molecular complexity index is 1120. The number of nitrogens with one attached hydrogen (secondary N) is 1. The van der Waals surface area contributed by atoms with Gasteiger partial charge >= 0.3 is 0 Å². The molecule has 0 radical (unpaired) electrons. The Hall–Kier alpha value is -2.20. The van der Waals surface area contributed by atoms with Crippen molar-refractivity contribution in [2.24, 2.45) is 0 Å². The first-order valence-corrected chi connectivity index (χ1v) is 14.0. The molecule has 9 heteroatoms. The standard InChI is InChI=1S/C27H38BrN7O/c1-3-32-12-9-23(10-13-32)31-35-26(30-25-19-22(28)20-29-27(25)35)21-5-7-24(8-6-21)34-16-14-33(15-17-34)11-4-18-36-2/h5-8,19-20,23,31H,3-4,9-18H2,1-2H3. The van der Waals surface area contributed by atoms with Crippen molar-refractivity contribution >= 4 is 32.8 Å². The van der Waals surface area contributed by atoms with Gasteiger partial charge in [0.1, 0.15) is 5.52 Å². The topological polar surface area (TPSA) is 61.7 Å². The fourth-order valence-corrected chi connectivity index (χ4v) is 5.62. The molecule has 0 spiro atoms. The Balaban J connectivity index is 1.32. The van der Waals surface area contributed by atoms with E-state index in [1.165, 1.54) is 5.69 Å². The van der Waals surface area contributed by atoms with E-state index in [0.717, 1.165) is 105 Å². The molecule has 0 saturated carbocycles. The van der Waals surface area contributed by atoms with Crippen LogP contribution < -0.4 is 10.3 Å². The molecule has 5 rings (SSSR count). The van der Waals surface area contributed by atoms with Crippen LogP contribution in [0.2, 0.25) is 0 Å². The number of likely N-dealkylation sites (tertiary alicyclic amines) is 1. The number of piperazine rings is 1. The van der Waals surface area contributed by atoms with E-state index >= 15 is 0 Å². The molecule has 0 atom stereocenters. The number of imidazole rings is 1. The number of halogens is 1. The van der Waals surface area contributed by atoms with E-state index < -0.39 is 0 Å². The third-order valence-electron chi connectivity index (χ3n) is 7.50. The van der Waals surface area contributed by atoms with Crippen molar-refractivity contribution in [3.63, 3.8) is 0 Å². The zero-order valence-corrected chi connectivity index (χ0v) is 23.1. The van der Waals surface area contributed by atoms with E-state index in [-0.39, 0.29) is 0 Å². The maximum absolute atomic E-state index is 5.20. The maximum Gasteiger partial charge on any atom is 0.179 e. The lowest BCUT2D eigenvalue weighted by atomic mass is 10.1. The molecule has 194 valence electrons. The highest BCUT2D eigenvalue weighted by Gasteiger charge is 2.22. The van der Waals surface area contributed by atoms with Crippen LogP contribution in [0.4, 0.5) is 5.69 Å². The molecule has 2 aromatic heterocycles.